The Balaban J connectivity index is 1.23. The number of hydrogen-bond donors (Lipinski definition) is 2. The number of piperazine rings is 1. The zero-order valence-corrected chi connectivity index (χ0v) is 26.0. The van der Waals surface area contributed by atoms with Gasteiger partial charge in [0, 0.05) is 43.9 Å². The van der Waals surface area contributed by atoms with Gasteiger partial charge in [-0.05, 0) is 87.5 Å². The molecule has 5 rings (SSSR count). The smallest absolute Gasteiger partial charge is 0.412 e. The predicted octanol–water partition coefficient (Wildman–Crippen LogP) is 6.27. The van der Waals surface area contributed by atoms with Crippen molar-refractivity contribution in [2.75, 3.05) is 48.8 Å². The summed E-state index contributed by atoms with van der Waals surface area (Å²) in [6.45, 7) is 9.20. The van der Waals surface area contributed by atoms with Crippen LogP contribution in [0.3, 0.4) is 0 Å². The highest BCUT2D eigenvalue weighted by Gasteiger charge is 2.40. The number of likely N-dealkylation sites (N-methyl/N-ethyl adjacent to an activating group) is 1. The van der Waals surface area contributed by atoms with Crippen molar-refractivity contribution < 1.29 is 23.9 Å². The molecule has 0 radical (unpaired) electrons. The first-order chi connectivity index (χ1) is 21.0. The molecule has 1 saturated carbocycles. The van der Waals surface area contributed by atoms with E-state index in [1.165, 1.54) is 0 Å². The number of benzene rings is 3. The lowest BCUT2D eigenvalue weighted by Gasteiger charge is -2.35. The van der Waals surface area contributed by atoms with E-state index in [1.54, 1.807) is 12.1 Å². The molecule has 0 aromatic heterocycles. The monoisotopic (exact) mass is 598 g/mol. The highest BCUT2D eigenvalue weighted by molar-refractivity contribution is 6.06. The van der Waals surface area contributed by atoms with Crippen LogP contribution in [0.1, 0.15) is 61.0 Å². The lowest BCUT2D eigenvalue weighted by Crippen LogP contribution is -2.44. The van der Waals surface area contributed by atoms with E-state index in [9.17, 15) is 14.4 Å². The molecule has 2 N–H and O–H groups in total. The molecule has 0 bridgehead atoms. The number of ether oxygens (including phenoxy) is 2. The van der Waals surface area contributed by atoms with Gasteiger partial charge in [-0.15, -0.1) is 0 Å². The Kier molecular flexibility index (Phi) is 9.54. The largest absolute Gasteiger partial charge is 0.460 e. The lowest BCUT2D eigenvalue weighted by molar-refractivity contribution is -0.155. The fraction of sp³-hybridized carbons (Fsp3) is 0.400. The number of amides is 2. The van der Waals surface area contributed by atoms with Gasteiger partial charge >= 0.3 is 12.1 Å². The van der Waals surface area contributed by atoms with E-state index in [0.717, 1.165) is 49.4 Å². The van der Waals surface area contributed by atoms with Crippen molar-refractivity contribution in [3.63, 3.8) is 0 Å². The van der Waals surface area contributed by atoms with Crippen molar-refractivity contribution in [3.8, 4) is 0 Å². The zero-order chi connectivity index (χ0) is 31.3. The third-order valence-electron chi connectivity index (χ3n) is 7.92. The summed E-state index contributed by atoms with van der Waals surface area (Å²) in [6, 6.07) is 22.6. The first-order valence-corrected chi connectivity index (χ1v) is 15.2. The van der Waals surface area contributed by atoms with Gasteiger partial charge in [0.25, 0.3) is 5.91 Å². The minimum Gasteiger partial charge on any atom is -0.460 e. The van der Waals surface area contributed by atoms with E-state index >= 15 is 0 Å². The molecule has 3 aromatic carbocycles. The highest BCUT2D eigenvalue weighted by Crippen LogP contribution is 2.50. The lowest BCUT2D eigenvalue weighted by atomic mass is 10.1. The molecule has 44 heavy (non-hydrogen) atoms. The van der Waals surface area contributed by atoms with Gasteiger partial charge in [0.1, 0.15) is 12.2 Å². The molecular formula is C35H42N4O5. The van der Waals surface area contributed by atoms with Crippen LogP contribution in [-0.4, -0.2) is 61.7 Å². The summed E-state index contributed by atoms with van der Waals surface area (Å²) in [4.78, 5) is 42.7. The molecule has 2 aliphatic rings. The summed E-state index contributed by atoms with van der Waals surface area (Å²) >= 11 is 0. The maximum atomic E-state index is 13.3. The maximum Gasteiger partial charge on any atom is 0.412 e. The molecule has 9 nitrogen and oxygen atoms in total. The quantitative estimate of drug-likeness (QED) is 0.280. The van der Waals surface area contributed by atoms with Gasteiger partial charge in [-0.1, -0.05) is 42.5 Å². The number of nitrogens with zero attached hydrogens (tertiary/aromatic N) is 2. The molecule has 1 heterocycles. The Morgan fingerprint density at radius 2 is 1.59 bits per heavy atom. The van der Waals surface area contributed by atoms with Gasteiger partial charge in [0.15, 0.2) is 0 Å². The van der Waals surface area contributed by atoms with Crippen molar-refractivity contribution in [3.05, 3.63) is 89.5 Å². The molecule has 1 saturated heterocycles. The third kappa shape index (κ3) is 8.60. The molecule has 1 aliphatic heterocycles. The number of carbonyl (C=O) groups excluding carboxylic acids is 3. The molecular weight excluding hydrogens is 556 g/mol. The number of esters is 1. The third-order valence-corrected chi connectivity index (χ3v) is 7.92. The van der Waals surface area contributed by atoms with Crippen molar-refractivity contribution in [2.45, 2.75) is 51.7 Å². The van der Waals surface area contributed by atoms with Gasteiger partial charge in [0.05, 0.1) is 11.4 Å². The van der Waals surface area contributed by atoms with E-state index in [0.29, 0.717) is 29.3 Å². The van der Waals surface area contributed by atoms with Crippen LogP contribution in [0.4, 0.5) is 21.9 Å². The molecule has 3 aromatic rings. The van der Waals surface area contributed by atoms with Gasteiger partial charge in [-0.3, -0.25) is 14.9 Å². The van der Waals surface area contributed by atoms with Crippen LogP contribution in [0.15, 0.2) is 72.8 Å². The molecule has 2 unspecified atom stereocenters. The Labute approximate surface area is 259 Å². The van der Waals surface area contributed by atoms with Crippen molar-refractivity contribution in [1.82, 2.24) is 4.90 Å². The van der Waals surface area contributed by atoms with Crippen LogP contribution in [0.5, 0.6) is 0 Å². The Morgan fingerprint density at radius 3 is 2.27 bits per heavy atom. The first kappa shape index (κ1) is 31.1. The Hall–Kier alpha value is -4.37. The normalized spacial score (nSPS) is 18.3. The van der Waals surface area contributed by atoms with Gasteiger partial charge in [0.2, 0.25) is 0 Å². The van der Waals surface area contributed by atoms with Crippen LogP contribution in [0.2, 0.25) is 0 Å². The van der Waals surface area contributed by atoms with Gasteiger partial charge < -0.3 is 24.6 Å². The van der Waals surface area contributed by atoms with Crippen LogP contribution in [0, 0.1) is 5.92 Å². The fourth-order valence-corrected chi connectivity index (χ4v) is 5.47. The minimum absolute atomic E-state index is 0.148. The highest BCUT2D eigenvalue weighted by atomic mass is 16.6. The Morgan fingerprint density at radius 1 is 0.886 bits per heavy atom. The SMILES string of the molecule is CN1CCN(c2ccc(C(=O)Nc3ccc(C4CC4CC(=O)OC(C)(C)C)cc3)cc2NC(=O)OCc2ccccc2)CC1. The average Bonchev–Trinajstić information content (AvgIpc) is 3.75. The molecule has 2 atom stereocenters. The van der Waals surface area contributed by atoms with E-state index in [2.05, 4.69) is 27.5 Å². The average molecular weight is 599 g/mol. The van der Waals surface area contributed by atoms with Crippen LogP contribution >= 0.6 is 0 Å². The summed E-state index contributed by atoms with van der Waals surface area (Å²) in [6.07, 6.45) is 0.789. The molecule has 232 valence electrons. The minimum atomic E-state index is -0.581. The standard InChI is InChI=1S/C35H42N4O5/c1-35(2,3)44-32(40)22-27-20-29(27)25-10-13-28(14-11-25)36-33(41)26-12-15-31(39-18-16-38(4)17-19-39)30(21-26)37-34(42)43-23-24-8-6-5-7-9-24/h5-15,21,27,29H,16-20,22-23H2,1-4H3,(H,36,41)(H,37,42). The summed E-state index contributed by atoms with van der Waals surface area (Å²) in [7, 11) is 2.09. The molecule has 1 aliphatic carbocycles. The molecule has 0 spiro atoms. The van der Waals surface area contributed by atoms with E-state index in [-0.39, 0.29) is 24.4 Å². The second-order valence-corrected chi connectivity index (χ2v) is 12.7. The van der Waals surface area contributed by atoms with Crippen LogP contribution in [-0.2, 0) is 20.9 Å². The van der Waals surface area contributed by atoms with Crippen LogP contribution < -0.4 is 15.5 Å². The number of anilines is 3. The molecule has 2 fully saturated rings. The predicted molar refractivity (Wildman–Crippen MR) is 172 cm³/mol. The van der Waals surface area contributed by atoms with Crippen molar-refractivity contribution in [1.29, 1.82) is 0 Å². The van der Waals surface area contributed by atoms with Crippen molar-refractivity contribution >= 4 is 35.0 Å². The van der Waals surface area contributed by atoms with Gasteiger partial charge in [-0.2, -0.15) is 0 Å². The molecule has 9 heteroatoms. The number of nitrogens with one attached hydrogen (secondary N) is 2. The van der Waals surface area contributed by atoms with Crippen molar-refractivity contribution in [2.24, 2.45) is 5.92 Å². The summed E-state index contributed by atoms with van der Waals surface area (Å²) in [5.41, 5.74) is 4.03. The van der Waals surface area contributed by atoms with E-state index in [4.69, 9.17) is 9.47 Å². The summed E-state index contributed by atoms with van der Waals surface area (Å²) in [5.74, 6) is 0.169. The number of rotatable bonds is 9. The second-order valence-electron chi connectivity index (χ2n) is 12.7. The number of hydrogen-bond acceptors (Lipinski definition) is 7. The van der Waals surface area contributed by atoms with E-state index < -0.39 is 11.7 Å². The summed E-state index contributed by atoms with van der Waals surface area (Å²) < 4.78 is 10.9. The summed E-state index contributed by atoms with van der Waals surface area (Å²) in [5, 5.41) is 5.84. The van der Waals surface area contributed by atoms with Gasteiger partial charge in [-0.25, -0.2) is 4.79 Å². The first-order valence-electron chi connectivity index (χ1n) is 15.2. The topological polar surface area (TPSA) is 100 Å². The van der Waals surface area contributed by atoms with Crippen LogP contribution in [0.25, 0.3) is 0 Å². The Bertz CT molecular complexity index is 1460. The number of carbonyl (C=O) groups is 3. The van der Waals surface area contributed by atoms with E-state index in [1.807, 2.05) is 81.4 Å². The zero-order valence-electron chi connectivity index (χ0n) is 26.0. The second kappa shape index (κ2) is 13.5. The maximum absolute atomic E-state index is 13.3. The molecule has 2 amide bonds. The fourth-order valence-electron chi connectivity index (χ4n) is 5.47.